The molecule has 19 heavy (non-hydrogen) atoms. The summed E-state index contributed by atoms with van der Waals surface area (Å²) < 4.78 is 0. The Kier molecular flexibility index (Phi) is 3.74. The summed E-state index contributed by atoms with van der Waals surface area (Å²) in [6.07, 6.45) is 1.68. The van der Waals surface area contributed by atoms with Crippen molar-refractivity contribution in [2.24, 2.45) is 0 Å². The zero-order valence-corrected chi connectivity index (χ0v) is 12.0. The van der Waals surface area contributed by atoms with E-state index >= 15 is 0 Å². The van der Waals surface area contributed by atoms with Gasteiger partial charge in [0, 0.05) is 5.69 Å². The minimum atomic E-state index is 0.515. The number of nitrogen functional groups attached to an aromatic ring is 1. The molecule has 0 bridgehead atoms. The fraction of sp³-hybridized carbons (Fsp3) is 0.312. The van der Waals surface area contributed by atoms with Gasteiger partial charge in [-0.2, -0.15) is 0 Å². The Hall–Kier alpha value is -2.03. The van der Waals surface area contributed by atoms with Gasteiger partial charge in [0.25, 0.3) is 0 Å². The third-order valence-electron chi connectivity index (χ3n) is 3.28. The monoisotopic (exact) mass is 255 g/mol. The molecule has 3 heteroatoms. The molecule has 3 N–H and O–H groups in total. The highest BCUT2D eigenvalue weighted by Crippen LogP contribution is 2.26. The Balaban J connectivity index is 2.34. The van der Waals surface area contributed by atoms with Crippen LogP contribution in [0.2, 0.25) is 0 Å². The lowest BCUT2D eigenvalue weighted by Gasteiger charge is -2.14. The molecule has 0 saturated heterocycles. The predicted molar refractivity (Wildman–Crippen MR) is 81.9 cm³/mol. The summed E-state index contributed by atoms with van der Waals surface area (Å²) in [5.41, 5.74) is 11.1. The second-order valence-corrected chi connectivity index (χ2v) is 5.29. The van der Waals surface area contributed by atoms with E-state index in [1.54, 1.807) is 6.20 Å². The second kappa shape index (κ2) is 5.31. The average molecular weight is 255 g/mol. The van der Waals surface area contributed by atoms with E-state index in [1.165, 1.54) is 11.1 Å². The molecule has 0 fully saturated rings. The summed E-state index contributed by atoms with van der Waals surface area (Å²) in [6, 6.07) is 8.44. The first-order chi connectivity index (χ1) is 8.97. The van der Waals surface area contributed by atoms with Crippen LogP contribution < -0.4 is 11.1 Å². The van der Waals surface area contributed by atoms with Crippen LogP contribution in [-0.2, 0) is 0 Å². The van der Waals surface area contributed by atoms with Gasteiger partial charge < -0.3 is 11.1 Å². The van der Waals surface area contributed by atoms with Gasteiger partial charge in [0.2, 0.25) is 0 Å². The van der Waals surface area contributed by atoms with Crippen molar-refractivity contribution in [1.82, 2.24) is 4.98 Å². The third-order valence-corrected chi connectivity index (χ3v) is 3.28. The first-order valence-electron chi connectivity index (χ1n) is 6.57. The van der Waals surface area contributed by atoms with Gasteiger partial charge in [-0.3, -0.25) is 0 Å². The number of hydrogen-bond acceptors (Lipinski definition) is 3. The summed E-state index contributed by atoms with van der Waals surface area (Å²) in [5, 5.41) is 3.40. The van der Waals surface area contributed by atoms with Gasteiger partial charge in [0.1, 0.15) is 5.82 Å². The van der Waals surface area contributed by atoms with E-state index in [0.29, 0.717) is 11.6 Å². The van der Waals surface area contributed by atoms with Crippen LogP contribution in [0.5, 0.6) is 0 Å². The van der Waals surface area contributed by atoms with Crippen LogP contribution in [0.3, 0.4) is 0 Å². The number of aromatic nitrogens is 1. The quantitative estimate of drug-likeness (QED) is 0.866. The van der Waals surface area contributed by atoms with Gasteiger partial charge in [0.15, 0.2) is 0 Å². The van der Waals surface area contributed by atoms with Crippen molar-refractivity contribution in [3.8, 4) is 0 Å². The molecule has 0 radical (unpaired) electrons. The van der Waals surface area contributed by atoms with Crippen LogP contribution in [0.15, 0.2) is 30.5 Å². The molecule has 1 aromatic heterocycles. The zero-order chi connectivity index (χ0) is 14.0. The lowest BCUT2D eigenvalue weighted by molar-refractivity contribution is 0.866. The largest absolute Gasteiger partial charge is 0.397 e. The molecule has 0 aliphatic heterocycles. The molecule has 100 valence electrons. The van der Waals surface area contributed by atoms with Crippen LogP contribution >= 0.6 is 0 Å². The lowest BCUT2D eigenvalue weighted by Crippen LogP contribution is -2.00. The highest BCUT2D eigenvalue weighted by atomic mass is 15.0. The van der Waals surface area contributed by atoms with Crippen LogP contribution in [-0.4, -0.2) is 4.98 Å². The van der Waals surface area contributed by atoms with E-state index < -0.39 is 0 Å². The van der Waals surface area contributed by atoms with Gasteiger partial charge in [-0.15, -0.1) is 0 Å². The molecule has 0 amide bonds. The number of anilines is 3. The molecule has 0 aliphatic carbocycles. The van der Waals surface area contributed by atoms with E-state index in [0.717, 1.165) is 17.1 Å². The molecule has 0 saturated carbocycles. The molecule has 2 rings (SSSR count). The van der Waals surface area contributed by atoms with Crippen molar-refractivity contribution >= 4 is 17.2 Å². The van der Waals surface area contributed by atoms with E-state index in [1.807, 2.05) is 13.0 Å². The topological polar surface area (TPSA) is 50.9 Å². The minimum Gasteiger partial charge on any atom is -0.397 e. The van der Waals surface area contributed by atoms with Crippen molar-refractivity contribution in [2.75, 3.05) is 11.1 Å². The van der Waals surface area contributed by atoms with Gasteiger partial charge >= 0.3 is 0 Å². The highest BCUT2D eigenvalue weighted by molar-refractivity contribution is 5.65. The Morgan fingerprint density at radius 3 is 2.47 bits per heavy atom. The maximum Gasteiger partial charge on any atom is 0.133 e. The maximum atomic E-state index is 5.72. The van der Waals surface area contributed by atoms with E-state index in [4.69, 9.17) is 5.73 Å². The zero-order valence-electron chi connectivity index (χ0n) is 12.0. The molecular weight excluding hydrogens is 234 g/mol. The first kappa shape index (κ1) is 13.4. The number of nitrogens with zero attached hydrogens (tertiary/aromatic N) is 1. The molecule has 1 aromatic carbocycles. The van der Waals surface area contributed by atoms with Crippen molar-refractivity contribution in [3.05, 3.63) is 47.2 Å². The van der Waals surface area contributed by atoms with Crippen molar-refractivity contribution < 1.29 is 0 Å². The molecule has 0 aliphatic rings. The molecule has 0 unspecified atom stereocenters. The smallest absolute Gasteiger partial charge is 0.133 e. The summed E-state index contributed by atoms with van der Waals surface area (Å²) in [5.74, 6) is 1.37. The van der Waals surface area contributed by atoms with Crippen LogP contribution in [0, 0.1) is 13.8 Å². The fourth-order valence-electron chi connectivity index (χ4n) is 1.99. The number of benzene rings is 1. The van der Waals surface area contributed by atoms with Crippen molar-refractivity contribution in [2.45, 2.75) is 33.6 Å². The summed E-state index contributed by atoms with van der Waals surface area (Å²) in [6.45, 7) is 8.49. The molecular formula is C16H21N3. The number of nitrogens with two attached hydrogens (primary N) is 1. The van der Waals surface area contributed by atoms with E-state index in [9.17, 15) is 0 Å². The molecule has 3 nitrogen and oxygen atoms in total. The summed E-state index contributed by atoms with van der Waals surface area (Å²) in [4.78, 5) is 4.35. The maximum absolute atomic E-state index is 5.72. The number of rotatable bonds is 3. The third kappa shape index (κ3) is 3.05. The Morgan fingerprint density at radius 2 is 1.84 bits per heavy atom. The normalized spacial score (nSPS) is 10.8. The van der Waals surface area contributed by atoms with Gasteiger partial charge in [-0.05, 0) is 48.6 Å². The van der Waals surface area contributed by atoms with E-state index in [-0.39, 0.29) is 0 Å². The van der Waals surface area contributed by atoms with Crippen molar-refractivity contribution in [1.29, 1.82) is 0 Å². The van der Waals surface area contributed by atoms with E-state index in [2.05, 4.69) is 49.3 Å². The number of hydrogen-bond donors (Lipinski definition) is 2. The SMILES string of the molecule is Cc1ccc(C(C)C)cc1Nc1ncc(N)cc1C. The van der Waals surface area contributed by atoms with Crippen LogP contribution in [0.25, 0.3) is 0 Å². The van der Waals surface area contributed by atoms with Gasteiger partial charge in [0.05, 0.1) is 11.9 Å². The second-order valence-electron chi connectivity index (χ2n) is 5.29. The molecule has 0 atom stereocenters. The number of pyridine rings is 1. The highest BCUT2D eigenvalue weighted by Gasteiger charge is 2.06. The minimum absolute atomic E-state index is 0.515. The van der Waals surface area contributed by atoms with Crippen molar-refractivity contribution in [3.63, 3.8) is 0 Å². The average Bonchev–Trinajstić information content (AvgIpc) is 2.34. The van der Waals surface area contributed by atoms with Gasteiger partial charge in [-0.25, -0.2) is 4.98 Å². The van der Waals surface area contributed by atoms with Gasteiger partial charge in [-0.1, -0.05) is 26.0 Å². The fourth-order valence-corrected chi connectivity index (χ4v) is 1.99. The summed E-state index contributed by atoms with van der Waals surface area (Å²) in [7, 11) is 0. The number of nitrogens with one attached hydrogen (secondary N) is 1. The Morgan fingerprint density at radius 1 is 1.11 bits per heavy atom. The first-order valence-corrected chi connectivity index (χ1v) is 6.57. The Bertz CT molecular complexity index is 589. The number of aryl methyl sites for hydroxylation is 2. The summed E-state index contributed by atoms with van der Waals surface area (Å²) >= 11 is 0. The lowest BCUT2D eigenvalue weighted by atomic mass is 10.0. The molecule has 2 aromatic rings. The molecule has 0 spiro atoms. The predicted octanol–water partition coefficient (Wildman–Crippen LogP) is 4.15. The van der Waals surface area contributed by atoms with Crippen LogP contribution in [0.1, 0.15) is 36.5 Å². The van der Waals surface area contributed by atoms with Crippen LogP contribution in [0.4, 0.5) is 17.2 Å². The standard InChI is InChI=1S/C16H21N3/c1-10(2)13-6-5-11(3)15(8-13)19-16-12(4)7-14(17)9-18-16/h5-10H,17H2,1-4H3,(H,18,19). The molecule has 1 heterocycles. The Labute approximate surface area is 114 Å².